The third-order valence-electron chi connectivity index (χ3n) is 3.05. The summed E-state index contributed by atoms with van der Waals surface area (Å²) in [7, 11) is -3.25. The molecule has 0 atom stereocenters. The number of carbonyl (C=O) groups excluding carboxylic acids is 1. The van der Waals surface area contributed by atoms with Gasteiger partial charge >= 0.3 is 0 Å². The molecule has 0 aromatic heterocycles. The number of hydrogen-bond donors (Lipinski definition) is 2. The number of nitrogens with zero attached hydrogens (tertiary/aromatic N) is 1. The van der Waals surface area contributed by atoms with E-state index in [0.717, 1.165) is 0 Å². The van der Waals surface area contributed by atoms with Gasteiger partial charge in [0.1, 0.15) is 12.4 Å². The lowest BCUT2D eigenvalue weighted by atomic mass is 10.3. The van der Waals surface area contributed by atoms with Gasteiger partial charge in [-0.25, -0.2) is 8.42 Å². The van der Waals surface area contributed by atoms with Crippen LogP contribution in [0.5, 0.6) is 5.75 Å². The van der Waals surface area contributed by atoms with E-state index < -0.39 is 10.0 Å². The van der Waals surface area contributed by atoms with E-state index in [2.05, 4.69) is 5.32 Å². The molecule has 1 amide bonds. The summed E-state index contributed by atoms with van der Waals surface area (Å²) in [6.07, 6.45) is 0.572. The zero-order chi connectivity index (χ0) is 15.3. The highest BCUT2D eigenvalue weighted by atomic mass is 32.2. The monoisotopic (exact) mass is 313 g/mol. The van der Waals surface area contributed by atoms with Gasteiger partial charge in [-0.15, -0.1) is 0 Å². The SMILES string of the molecule is NCCOc1ccc(NC(=O)CN2CCCS2(=O)=O)cc1. The number of hydrogen-bond acceptors (Lipinski definition) is 5. The van der Waals surface area contributed by atoms with Crippen LogP contribution >= 0.6 is 0 Å². The molecule has 0 bridgehead atoms. The van der Waals surface area contributed by atoms with E-state index in [1.54, 1.807) is 24.3 Å². The first kappa shape index (κ1) is 15.7. The van der Waals surface area contributed by atoms with Crippen LogP contribution in [0, 0.1) is 0 Å². The molecule has 0 spiro atoms. The van der Waals surface area contributed by atoms with Crippen molar-refractivity contribution >= 4 is 21.6 Å². The van der Waals surface area contributed by atoms with Gasteiger partial charge in [0.2, 0.25) is 15.9 Å². The molecular weight excluding hydrogens is 294 g/mol. The predicted octanol–water partition coefficient (Wildman–Crippen LogP) is -0.00190. The van der Waals surface area contributed by atoms with E-state index in [9.17, 15) is 13.2 Å². The van der Waals surface area contributed by atoms with Gasteiger partial charge in [-0.1, -0.05) is 0 Å². The summed E-state index contributed by atoms with van der Waals surface area (Å²) < 4.78 is 29.8. The van der Waals surface area contributed by atoms with Crippen molar-refractivity contribution in [2.24, 2.45) is 5.73 Å². The summed E-state index contributed by atoms with van der Waals surface area (Å²) in [6, 6.07) is 6.83. The van der Waals surface area contributed by atoms with Crippen LogP contribution in [0.15, 0.2) is 24.3 Å². The van der Waals surface area contributed by atoms with E-state index >= 15 is 0 Å². The lowest BCUT2D eigenvalue weighted by molar-refractivity contribution is -0.116. The Bertz CT molecular complexity index is 586. The Balaban J connectivity index is 1.88. The van der Waals surface area contributed by atoms with Crippen molar-refractivity contribution in [3.63, 3.8) is 0 Å². The van der Waals surface area contributed by atoms with Crippen LogP contribution < -0.4 is 15.8 Å². The number of benzene rings is 1. The highest BCUT2D eigenvalue weighted by molar-refractivity contribution is 7.89. The average molecular weight is 313 g/mol. The van der Waals surface area contributed by atoms with Crippen molar-refractivity contribution < 1.29 is 17.9 Å². The summed E-state index contributed by atoms with van der Waals surface area (Å²) >= 11 is 0. The lowest BCUT2D eigenvalue weighted by Gasteiger charge is -2.14. The molecule has 0 aliphatic carbocycles. The fourth-order valence-corrected chi connectivity index (χ4v) is 3.51. The molecule has 1 fully saturated rings. The number of amides is 1. The van der Waals surface area contributed by atoms with E-state index in [-0.39, 0.29) is 18.2 Å². The second-order valence-electron chi connectivity index (χ2n) is 4.71. The van der Waals surface area contributed by atoms with Crippen molar-refractivity contribution in [2.75, 3.05) is 37.3 Å². The first-order valence-corrected chi connectivity index (χ1v) is 8.33. The molecular formula is C13H19N3O4S. The molecule has 1 heterocycles. The number of anilines is 1. The lowest BCUT2D eigenvalue weighted by Crippen LogP contribution is -2.34. The van der Waals surface area contributed by atoms with Crippen LogP contribution in [0.2, 0.25) is 0 Å². The van der Waals surface area contributed by atoms with E-state index in [4.69, 9.17) is 10.5 Å². The highest BCUT2D eigenvalue weighted by Gasteiger charge is 2.29. The summed E-state index contributed by atoms with van der Waals surface area (Å²) in [5.41, 5.74) is 5.93. The molecule has 1 aliphatic heterocycles. The Morgan fingerprint density at radius 3 is 2.62 bits per heavy atom. The molecule has 0 unspecified atom stereocenters. The second kappa shape index (κ2) is 6.88. The Morgan fingerprint density at radius 1 is 1.33 bits per heavy atom. The zero-order valence-electron chi connectivity index (χ0n) is 11.6. The number of nitrogens with one attached hydrogen (secondary N) is 1. The van der Waals surface area contributed by atoms with Gasteiger partial charge in [0.15, 0.2) is 0 Å². The Kier molecular flexibility index (Phi) is 5.16. The summed E-state index contributed by atoms with van der Waals surface area (Å²) in [6.45, 7) is 1.12. The molecule has 0 saturated carbocycles. The zero-order valence-corrected chi connectivity index (χ0v) is 12.4. The van der Waals surface area contributed by atoms with E-state index in [1.807, 2.05) is 0 Å². The fourth-order valence-electron chi connectivity index (χ4n) is 2.04. The van der Waals surface area contributed by atoms with Crippen LogP contribution in [0.4, 0.5) is 5.69 Å². The van der Waals surface area contributed by atoms with Gasteiger partial charge in [0.25, 0.3) is 0 Å². The topological polar surface area (TPSA) is 102 Å². The maximum absolute atomic E-state index is 11.8. The number of ether oxygens (including phenoxy) is 1. The van der Waals surface area contributed by atoms with E-state index in [0.29, 0.717) is 37.6 Å². The first-order chi connectivity index (χ1) is 10.0. The number of sulfonamides is 1. The summed E-state index contributed by atoms with van der Waals surface area (Å²) in [4.78, 5) is 11.8. The molecule has 1 aromatic carbocycles. The minimum Gasteiger partial charge on any atom is -0.492 e. The largest absolute Gasteiger partial charge is 0.492 e. The quantitative estimate of drug-likeness (QED) is 0.769. The normalized spacial score (nSPS) is 17.6. The maximum atomic E-state index is 11.8. The highest BCUT2D eigenvalue weighted by Crippen LogP contribution is 2.16. The molecule has 116 valence electrons. The number of carbonyl (C=O) groups is 1. The predicted molar refractivity (Wildman–Crippen MR) is 79.6 cm³/mol. The Morgan fingerprint density at radius 2 is 2.05 bits per heavy atom. The third kappa shape index (κ3) is 4.42. The fraction of sp³-hybridized carbons (Fsp3) is 0.462. The molecule has 3 N–H and O–H groups in total. The second-order valence-corrected chi connectivity index (χ2v) is 6.80. The van der Waals surface area contributed by atoms with Crippen LogP contribution in [0.25, 0.3) is 0 Å². The van der Waals surface area contributed by atoms with Gasteiger partial charge < -0.3 is 15.8 Å². The van der Waals surface area contributed by atoms with Crippen LogP contribution in [0.1, 0.15) is 6.42 Å². The van der Waals surface area contributed by atoms with Crippen molar-refractivity contribution in [3.8, 4) is 5.75 Å². The molecule has 1 aliphatic rings. The van der Waals surface area contributed by atoms with Gasteiger partial charge in [-0.2, -0.15) is 4.31 Å². The van der Waals surface area contributed by atoms with Crippen molar-refractivity contribution in [2.45, 2.75) is 6.42 Å². The Labute approximate surface area is 124 Å². The molecule has 1 aromatic rings. The van der Waals surface area contributed by atoms with Gasteiger partial charge in [-0.05, 0) is 30.7 Å². The average Bonchev–Trinajstić information content (AvgIpc) is 2.77. The molecule has 1 saturated heterocycles. The summed E-state index contributed by atoms with van der Waals surface area (Å²) in [5, 5.41) is 2.66. The molecule has 8 heteroatoms. The standard InChI is InChI=1S/C13H19N3O4S/c14-6-8-20-12-4-2-11(3-5-12)15-13(17)10-16-7-1-9-21(16,18)19/h2-5H,1,6-10,14H2,(H,15,17). The summed E-state index contributed by atoms with van der Waals surface area (Å²) in [5.74, 6) is 0.435. The van der Waals surface area contributed by atoms with Crippen molar-refractivity contribution in [3.05, 3.63) is 24.3 Å². The smallest absolute Gasteiger partial charge is 0.239 e. The minimum atomic E-state index is -3.25. The third-order valence-corrected chi connectivity index (χ3v) is 4.95. The van der Waals surface area contributed by atoms with Gasteiger partial charge in [0.05, 0.1) is 12.3 Å². The van der Waals surface area contributed by atoms with Crippen LogP contribution in [-0.4, -0.2) is 50.6 Å². The maximum Gasteiger partial charge on any atom is 0.239 e. The molecule has 2 rings (SSSR count). The van der Waals surface area contributed by atoms with Gasteiger partial charge in [0, 0.05) is 18.8 Å². The van der Waals surface area contributed by atoms with Crippen LogP contribution in [-0.2, 0) is 14.8 Å². The molecule has 21 heavy (non-hydrogen) atoms. The minimum absolute atomic E-state index is 0.119. The van der Waals surface area contributed by atoms with E-state index in [1.165, 1.54) is 4.31 Å². The van der Waals surface area contributed by atoms with Crippen molar-refractivity contribution in [1.82, 2.24) is 4.31 Å². The van der Waals surface area contributed by atoms with Gasteiger partial charge in [-0.3, -0.25) is 4.79 Å². The van der Waals surface area contributed by atoms with Crippen molar-refractivity contribution in [1.29, 1.82) is 0 Å². The number of nitrogens with two attached hydrogens (primary N) is 1. The first-order valence-electron chi connectivity index (χ1n) is 6.72. The molecule has 0 radical (unpaired) electrons. The number of rotatable bonds is 6. The van der Waals surface area contributed by atoms with Crippen LogP contribution in [0.3, 0.4) is 0 Å². The molecule has 7 nitrogen and oxygen atoms in total. The Hall–Kier alpha value is -1.64.